The van der Waals surface area contributed by atoms with Gasteiger partial charge in [0.1, 0.15) is 31.3 Å². The highest BCUT2D eigenvalue weighted by molar-refractivity contribution is 8.00. The highest BCUT2D eigenvalue weighted by Gasteiger charge is 2.53. The van der Waals surface area contributed by atoms with Crippen molar-refractivity contribution in [2.75, 3.05) is 24.3 Å². The molecule has 188 valence electrons. The summed E-state index contributed by atoms with van der Waals surface area (Å²) in [5.74, 6) is -3.36. The quantitative estimate of drug-likeness (QED) is 0.113. The smallest absolute Gasteiger partial charge is 0.278 e. The molecule has 15 nitrogen and oxygen atoms in total. The number of carbonyl (C=O) groups excluding carboxylic acids is 4. The van der Waals surface area contributed by atoms with Crippen molar-refractivity contribution < 1.29 is 33.7 Å². The molecular weight excluding hydrogens is 514 g/mol. The zero-order valence-corrected chi connectivity index (χ0v) is 20.2. The number of thioether (sulfide) groups is 1. The van der Waals surface area contributed by atoms with Crippen molar-refractivity contribution in [1.82, 2.24) is 19.6 Å². The lowest BCUT2D eigenvalue weighted by Gasteiger charge is -2.50. The fourth-order valence-corrected chi connectivity index (χ4v) is 5.42. The molecule has 2 atom stereocenters. The lowest BCUT2D eigenvalue weighted by atomic mass is 10.0. The van der Waals surface area contributed by atoms with Crippen LogP contribution >= 0.6 is 23.3 Å². The molecule has 0 unspecified atom stereocenters. The summed E-state index contributed by atoms with van der Waals surface area (Å²) in [5, 5.41) is 17.5. The number of hydrogen-bond donors (Lipinski definition) is 4. The van der Waals surface area contributed by atoms with E-state index in [1.165, 1.54) is 41.8 Å². The second-order valence-corrected chi connectivity index (χ2v) is 9.40. The number of pyridine rings is 1. The van der Waals surface area contributed by atoms with Gasteiger partial charge in [0.05, 0.1) is 17.2 Å². The van der Waals surface area contributed by atoms with Gasteiger partial charge in [-0.15, -0.1) is 11.8 Å². The van der Waals surface area contributed by atoms with Crippen molar-refractivity contribution in [2.24, 2.45) is 10.9 Å². The second kappa shape index (κ2) is 9.78. The number of nitrogens with one attached hydrogen (secondary N) is 1. The van der Waals surface area contributed by atoms with Crippen LogP contribution in [0.15, 0.2) is 34.8 Å². The van der Waals surface area contributed by atoms with Crippen molar-refractivity contribution in [3.05, 3.63) is 41.0 Å². The van der Waals surface area contributed by atoms with Crippen LogP contribution in [0.5, 0.6) is 0 Å². The molecule has 2 aromatic rings. The van der Waals surface area contributed by atoms with Crippen LogP contribution < -0.4 is 32.2 Å². The van der Waals surface area contributed by atoms with E-state index in [2.05, 4.69) is 24.7 Å². The van der Waals surface area contributed by atoms with Gasteiger partial charge in [-0.3, -0.25) is 25.0 Å². The van der Waals surface area contributed by atoms with Gasteiger partial charge in [0, 0.05) is 28.9 Å². The molecule has 36 heavy (non-hydrogen) atoms. The number of aliphatic carboxylic acids is 1. The van der Waals surface area contributed by atoms with E-state index in [4.69, 9.17) is 17.2 Å². The number of primary amides is 1. The molecule has 0 aliphatic carbocycles. The Kier molecular flexibility index (Phi) is 6.75. The van der Waals surface area contributed by atoms with Gasteiger partial charge in [-0.2, -0.15) is 9.36 Å². The molecule has 0 aromatic carbocycles. The molecule has 7 N–H and O–H groups in total. The first-order valence-electron chi connectivity index (χ1n) is 10.1. The number of β-lactam (4-membered cyclic amide) rings is 1. The number of nitrogens with zero attached hydrogens (tertiary/aromatic N) is 5. The van der Waals surface area contributed by atoms with Crippen molar-refractivity contribution in [3.63, 3.8) is 0 Å². The van der Waals surface area contributed by atoms with Crippen LogP contribution in [0.4, 0.5) is 10.9 Å². The molecule has 1 fully saturated rings. The zero-order chi connectivity index (χ0) is 26.1. The average molecular weight is 534 g/mol. The highest BCUT2D eigenvalue weighted by atomic mass is 32.2. The Balaban J connectivity index is 1.56. The second-order valence-electron chi connectivity index (χ2n) is 7.51. The van der Waals surface area contributed by atoms with Crippen LogP contribution in [0, 0.1) is 0 Å². The fourth-order valence-electron chi connectivity index (χ4n) is 3.65. The monoisotopic (exact) mass is 533 g/mol. The number of aromatic nitrogens is 3. The summed E-state index contributed by atoms with van der Waals surface area (Å²) in [6.07, 6.45) is 1.39. The number of carbonyl (C=O) groups is 4. The molecule has 2 aliphatic rings. The van der Waals surface area contributed by atoms with Gasteiger partial charge in [0.15, 0.2) is 5.13 Å². The van der Waals surface area contributed by atoms with Gasteiger partial charge in [-0.25, -0.2) is 4.57 Å². The van der Waals surface area contributed by atoms with Crippen LogP contribution in [-0.2, 0) is 25.8 Å². The van der Waals surface area contributed by atoms with Crippen molar-refractivity contribution in [2.45, 2.75) is 18.0 Å². The standard InChI is InChI=1S/C19H19N9O6S2/c1-34-25-10(14-24-19(22)36-26-14)15(30)23-11-16(31)28-12(18(32)33)8(6-35-17(11)28)5-27-4-7(13(21)29)2-3-9(27)20/h2-4,11,17,20H,5-6H2,1H3,(H6,21,22,23,24,26,29,30,32,33)/b25-10-/t11-,17-/m1/s1. The number of nitrogen functional groups attached to an aromatic ring is 2. The minimum atomic E-state index is -1.57. The Morgan fingerprint density at radius 2 is 2.11 bits per heavy atom. The fraction of sp³-hybridized carbons (Fsp3) is 0.263. The van der Waals surface area contributed by atoms with Crippen molar-refractivity contribution in [1.29, 1.82) is 0 Å². The summed E-state index contributed by atoms with van der Waals surface area (Å²) in [6, 6.07) is 1.85. The van der Waals surface area contributed by atoms with Crippen LogP contribution in [0.25, 0.3) is 0 Å². The molecule has 0 radical (unpaired) electrons. The summed E-state index contributed by atoms with van der Waals surface area (Å²) in [7, 11) is 1.22. The maximum Gasteiger partial charge on any atom is 0.278 e. The number of carboxylic acid groups (broad SMARTS) is 1. The Bertz CT molecular complexity index is 1340. The number of amides is 3. The average Bonchev–Trinajstić information content (AvgIpc) is 3.27. The normalized spacial score (nSPS) is 19.4. The first-order chi connectivity index (χ1) is 17.1. The van der Waals surface area contributed by atoms with E-state index < -0.39 is 35.1 Å². The lowest BCUT2D eigenvalue weighted by Crippen LogP contribution is -2.71. The van der Waals surface area contributed by atoms with Gasteiger partial charge < -0.3 is 31.5 Å². The van der Waals surface area contributed by atoms with Crippen molar-refractivity contribution in [3.8, 4) is 0 Å². The molecule has 2 aromatic heterocycles. The molecule has 4 heterocycles. The Hall–Kier alpha value is -4.25. The number of fused-ring (bicyclic) bond motifs is 1. The van der Waals surface area contributed by atoms with Gasteiger partial charge in [-0.05, 0) is 6.07 Å². The highest BCUT2D eigenvalue weighted by Crippen LogP contribution is 2.40. The third-order valence-electron chi connectivity index (χ3n) is 5.28. The van der Waals surface area contributed by atoms with E-state index in [1.807, 2.05) is 0 Å². The van der Waals surface area contributed by atoms with Gasteiger partial charge in [0.25, 0.3) is 23.5 Å². The van der Waals surface area contributed by atoms with E-state index in [0.717, 1.165) is 16.4 Å². The first-order valence-corrected chi connectivity index (χ1v) is 11.9. The minimum Gasteiger partial charge on any atom is -0.543 e. The van der Waals surface area contributed by atoms with Crippen LogP contribution in [0.3, 0.4) is 0 Å². The predicted octanol–water partition coefficient (Wildman–Crippen LogP) is -3.46. The molecule has 0 saturated carbocycles. The van der Waals surface area contributed by atoms with Gasteiger partial charge >= 0.3 is 0 Å². The molecule has 4 rings (SSSR count). The predicted molar refractivity (Wildman–Crippen MR) is 124 cm³/mol. The molecule has 3 amide bonds. The summed E-state index contributed by atoms with van der Waals surface area (Å²) >= 11 is 2.08. The molecule has 0 spiro atoms. The first kappa shape index (κ1) is 24.9. The maximum atomic E-state index is 12.9. The number of nitrogens with two attached hydrogens (primary N) is 3. The minimum absolute atomic E-state index is 0.0294. The molecule has 17 heteroatoms. The van der Waals surface area contributed by atoms with Crippen molar-refractivity contribution >= 4 is 63.6 Å². The number of carboxylic acids is 1. The van der Waals surface area contributed by atoms with E-state index in [1.54, 1.807) is 0 Å². The molecule has 0 bridgehead atoms. The van der Waals surface area contributed by atoms with Crippen LogP contribution in [-0.4, -0.2) is 67.9 Å². The third-order valence-corrected chi connectivity index (χ3v) is 7.17. The topological polar surface area (TPSA) is 236 Å². The van der Waals surface area contributed by atoms with E-state index in [9.17, 15) is 24.3 Å². The number of rotatable bonds is 8. The Labute approximate surface area is 211 Å². The van der Waals surface area contributed by atoms with Gasteiger partial charge in [-0.1, -0.05) is 5.16 Å². The number of hydrogen-bond acceptors (Lipinski definition) is 13. The number of oxime groups is 1. The zero-order valence-electron chi connectivity index (χ0n) is 18.5. The van der Waals surface area contributed by atoms with Crippen LogP contribution in [0.2, 0.25) is 0 Å². The summed E-state index contributed by atoms with van der Waals surface area (Å²) in [4.78, 5) is 58.9. The molecule has 2 aliphatic heterocycles. The van der Waals surface area contributed by atoms with E-state index in [0.29, 0.717) is 5.57 Å². The number of anilines is 2. The summed E-state index contributed by atoms with van der Waals surface area (Å²) < 4.78 is 5.36. The largest absolute Gasteiger partial charge is 0.543 e. The SMILES string of the molecule is CO/N=C(\C(=O)N[C@@H]1C(=O)N2C(C(=O)[O-])=C(C[n+]3cc(C(N)=O)ccc3N)CS[C@H]12)c1nsc(N)n1. The van der Waals surface area contributed by atoms with E-state index >= 15 is 0 Å². The van der Waals surface area contributed by atoms with Crippen LogP contribution in [0.1, 0.15) is 16.2 Å². The van der Waals surface area contributed by atoms with E-state index in [-0.39, 0.29) is 46.0 Å². The third kappa shape index (κ3) is 4.52. The Morgan fingerprint density at radius 3 is 2.72 bits per heavy atom. The summed E-state index contributed by atoms with van der Waals surface area (Å²) in [6.45, 7) is -0.0294. The van der Waals surface area contributed by atoms with Gasteiger partial charge in [0.2, 0.25) is 11.5 Å². The molecule has 1 saturated heterocycles. The molecular formula is C19H19N9O6S2. The maximum absolute atomic E-state index is 12.9. The summed E-state index contributed by atoms with van der Waals surface area (Å²) in [5.41, 5.74) is 16.7. The Morgan fingerprint density at radius 1 is 1.36 bits per heavy atom. The lowest BCUT2D eigenvalue weighted by molar-refractivity contribution is -0.674.